The normalized spacial score (nSPS) is 12.3. The fourth-order valence-corrected chi connectivity index (χ4v) is 6.15. The van der Waals surface area contributed by atoms with E-state index in [0.717, 1.165) is 36.7 Å². The van der Waals surface area contributed by atoms with Crippen molar-refractivity contribution in [3.05, 3.63) is 63.7 Å². The number of phenolic OH excluding ortho intramolecular Hbond substituents is 1. The van der Waals surface area contributed by atoms with Crippen LogP contribution in [-0.4, -0.2) is 33.2 Å². The van der Waals surface area contributed by atoms with Gasteiger partial charge in [0.05, 0.1) is 12.0 Å². The lowest BCUT2D eigenvalue weighted by molar-refractivity contribution is -0.118. The average Bonchev–Trinajstić information content (AvgIpc) is 3.24. The predicted molar refractivity (Wildman–Crippen MR) is 153 cm³/mol. The summed E-state index contributed by atoms with van der Waals surface area (Å²) in [7, 11) is 0. The molecule has 3 aromatic rings. The Morgan fingerprint density at radius 2 is 1.58 bits per heavy atom. The molecule has 3 rings (SSSR count). The van der Waals surface area contributed by atoms with E-state index in [1.165, 1.54) is 23.1 Å². The van der Waals surface area contributed by atoms with Crippen molar-refractivity contribution in [2.75, 3.05) is 5.75 Å². The molecule has 0 bridgehead atoms. The summed E-state index contributed by atoms with van der Waals surface area (Å²) in [4.78, 5) is 12.3. The molecule has 10 heteroatoms. The highest BCUT2D eigenvalue weighted by Gasteiger charge is 2.26. The van der Waals surface area contributed by atoms with E-state index >= 15 is 0 Å². The highest BCUT2D eigenvalue weighted by molar-refractivity contribution is 8.03. The SMILES string of the molecule is CC(C)(C)c1cc(C=NNC(=O)CSc2nnc(SCc3ccc(Cl)cc3)s2)cc(C(C)(C)C)c1O. The predicted octanol–water partition coefficient (Wildman–Crippen LogP) is 7.03. The lowest BCUT2D eigenvalue weighted by Crippen LogP contribution is -2.20. The van der Waals surface area contributed by atoms with Crippen molar-refractivity contribution in [1.29, 1.82) is 0 Å². The molecule has 2 aromatic carbocycles. The number of hydrazone groups is 1. The highest BCUT2D eigenvalue weighted by atomic mass is 35.5. The number of carbonyl (C=O) groups is 1. The van der Waals surface area contributed by atoms with Gasteiger partial charge in [-0.15, -0.1) is 10.2 Å². The van der Waals surface area contributed by atoms with Gasteiger partial charge >= 0.3 is 0 Å². The summed E-state index contributed by atoms with van der Waals surface area (Å²) in [6, 6.07) is 11.5. The fourth-order valence-electron chi connectivity index (χ4n) is 3.25. The fraction of sp³-hybridized carbons (Fsp3) is 0.385. The van der Waals surface area contributed by atoms with Crippen LogP contribution in [0.2, 0.25) is 5.02 Å². The van der Waals surface area contributed by atoms with E-state index in [1.807, 2.05) is 36.4 Å². The Labute approximate surface area is 230 Å². The van der Waals surface area contributed by atoms with Crippen LogP contribution in [0.25, 0.3) is 0 Å². The molecule has 6 nitrogen and oxygen atoms in total. The molecule has 1 amide bonds. The first-order valence-electron chi connectivity index (χ1n) is 11.4. The van der Waals surface area contributed by atoms with Crippen LogP contribution in [0.15, 0.2) is 50.2 Å². The lowest BCUT2D eigenvalue weighted by Gasteiger charge is -2.27. The molecule has 0 aliphatic rings. The van der Waals surface area contributed by atoms with Crippen LogP contribution in [0.4, 0.5) is 0 Å². The second kappa shape index (κ2) is 12.0. The first-order chi connectivity index (χ1) is 16.8. The zero-order valence-electron chi connectivity index (χ0n) is 21.3. The van der Waals surface area contributed by atoms with Crippen LogP contribution in [0.1, 0.15) is 63.8 Å². The summed E-state index contributed by atoms with van der Waals surface area (Å²) < 4.78 is 1.58. The summed E-state index contributed by atoms with van der Waals surface area (Å²) >= 11 is 10.3. The van der Waals surface area contributed by atoms with E-state index < -0.39 is 0 Å². The molecule has 0 aliphatic heterocycles. The molecular formula is C26H31ClN4O2S3. The van der Waals surface area contributed by atoms with Gasteiger partial charge in [-0.1, -0.05) is 100 Å². The van der Waals surface area contributed by atoms with Crippen molar-refractivity contribution >= 4 is 58.6 Å². The first-order valence-corrected chi connectivity index (χ1v) is 14.5. The zero-order valence-corrected chi connectivity index (χ0v) is 24.5. The van der Waals surface area contributed by atoms with Crippen LogP contribution >= 0.6 is 46.5 Å². The Hall–Kier alpha value is -2.07. The van der Waals surface area contributed by atoms with E-state index in [4.69, 9.17) is 11.6 Å². The molecule has 0 fully saturated rings. The van der Waals surface area contributed by atoms with Crippen molar-refractivity contribution < 1.29 is 9.90 Å². The van der Waals surface area contributed by atoms with Crippen LogP contribution in [0.5, 0.6) is 5.75 Å². The average molecular weight is 563 g/mol. The molecule has 0 atom stereocenters. The monoisotopic (exact) mass is 562 g/mol. The van der Waals surface area contributed by atoms with Gasteiger partial charge in [0.25, 0.3) is 5.91 Å². The van der Waals surface area contributed by atoms with Crippen LogP contribution in [0, 0.1) is 0 Å². The van der Waals surface area contributed by atoms with E-state index in [-0.39, 0.29) is 22.5 Å². The van der Waals surface area contributed by atoms with Gasteiger partial charge in [-0.3, -0.25) is 4.79 Å². The minimum absolute atomic E-state index is 0.184. The number of halogens is 1. The van der Waals surface area contributed by atoms with Crippen molar-refractivity contribution in [2.45, 2.75) is 66.8 Å². The maximum absolute atomic E-state index is 12.3. The Kier molecular flexibility index (Phi) is 9.49. The third kappa shape index (κ3) is 8.23. The van der Waals surface area contributed by atoms with Gasteiger partial charge in [0.15, 0.2) is 8.68 Å². The minimum atomic E-state index is -0.235. The number of aromatic hydroxyl groups is 1. The van der Waals surface area contributed by atoms with Gasteiger partial charge in [0, 0.05) is 21.9 Å². The third-order valence-corrected chi connectivity index (χ3v) is 8.65. The number of benzene rings is 2. The first kappa shape index (κ1) is 28.5. The number of hydrogen-bond acceptors (Lipinski definition) is 8. The molecule has 0 saturated heterocycles. The molecule has 192 valence electrons. The van der Waals surface area contributed by atoms with Crippen molar-refractivity contribution in [3.8, 4) is 5.75 Å². The smallest absolute Gasteiger partial charge is 0.250 e. The number of aromatic nitrogens is 2. The Morgan fingerprint density at radius 3 is 2.14 bits per heavy atom. The molecule has 0 saturated carbocycles. The zero-order chi connectivity index (χ0) is 26.5. The van der Waals surface area contributed by atoms with Crippen molar-refractivity contribution in [2.24, 2.45) is 5.10 Å². The highest BCUT2D eigenvalue weighted by Crippen LogP contribution is 2.39. The number of rotatable bonds is 8. The number of carbonyl (C=O) groups excluding carboxylic acids is 1. The second-order valence-electron chi connectivity index (χ2n) is 10.3. The number of thioether (sulfide) groups is 2. The number of phenols is 1. The molecule has 36 heavy (non-hydrogen) atoms. The van der Waals surface area contributed by atoms with E-state index in [9.17, 15) is 9.90 Å². The minimum Gasteiger partial charge on any atom is -0.507 e. The summed E-state index contributed by atoms with van der Waals surface area (Å²) in [6.45, 7) is 12.4. The molecule has 0 unspecified atom stereocenters. The second-order valence-corrected chi connectivity index (χ2v) is 14.2. The number of nitrogens with zero attached hydrogens (tertiary/aromatic N) is 3. The van der Waals surface area contributed by atoms with Crippen molar-refractivity contribution in [1.82, 2.24) is 15.6 Å². The van der Waals surface area contributed by atoms with Gasteiger partial charge in [0.1, 0.15) is 5.75 Å². The van der Waals surface area contributed by atoms with Gasteiger partial charge in [0.2, 0.25) is 0 Å². The maximum atomic E-state index is 12.3. The molecule has 0 radical (unpaired) electrons. The number of nitrogens with one attached hydrogen (secondary N) is 1. The van der Waals surface area contributed by atoms with Gasteiger partial charge < -0.3 is 5.11 Å². The van der Waals surface area contributed by atoms with E-state index in [2.05, 4.69) is 62.3 Å². The third-order valence-electron chi connectivity index (χ3n) is 5.14. The Morgan fingerprint density at radius 1 is 1.03 bits per heavy atom. The van der Waals surface area contributed by atoms with Crippen LogP contribution < -0.4 is 5.43 Å². The van der Waals surface area contributed by atoms with Gasteiger partial charge in [-0.25, -0.2) is 5.43 Å². The standard InChI is InChI=1S/C26H31ClN4O2S3/c1-25(2,3)19-11-17(12-20(22(19)33)26(4,5)6)13-28-29-21(32)15-35-24-31-30-23(36-24)34-14-16-7-9-18(27)10-8-16/h7-13,33H,14-15H2,1-6H3,(H,29,32). The van der Waals surface area contributed by atoms with Crippen LogP contribution in [-0.2, 0) is 21.4 Å². The quantitative estimate of drug-likeness (QED) is 0.174. The Bertz CT molecular complexity index is 1190. The van der Waals surface area contributed by atoms with Crippen molar-refractivity contribution in [3.63, 3.8) is 0 Å². The number of hydrogen-bond donors (Lipinski definition) is 2. The summed E-state index contributed by atoms with van der Waals surface area (Å²) in [5.74, 6) is 1.05. The maximum Gasteiger partial charge on any atom is 0.250 e. The van der Waals surface area contributed by atoms with Gasteiger partial charge in [-0.2, -0.15) is 5.10 Å². The van der Waals surface area contributed by atoms with Gasteiger partial charge in [-0.05, 0) is 46.2 Å². The van der Waals surface area contributed by atoms with E-state index in [1.54, 1.807) is 18.0 Å². The van der Waals surface area contributed by atoms with Crippen LogP contribution in [0.3, 0.4) is 0 Å². The molecule has 0 aliphatic carbocycles. The van der Waals surface area contributed by atoms with E-state index in [0.29, 0.717) is 10.8 Å². The molecular weight excluding hydrogens is 532 g/mol. The lowest BCUT2D eigenvalue weighted by atomic mass is 9.78. The molecule has 1 aromatic heterocycles. The number of amides is 1. The summed E-state index contributed by atoms with van der Waals surface area (Å²) in [5.41, 5.74) is 5.78. The molecule has 0 spiro atoms. The topological polar surface area (TPSA) is 87.5 Å². The Balaban J connectivity index is 1.55. The molecule has 1 heterocycles. The summed E-state index contributed by atoms with van der Waals surface area (Å²) in [6.07, 6.45) is 1.61. The largest absolute Gasteiger partial charge is 0.507 e. The molecule has 2 N–H and O–H groups in total. The summed E-state index contributed by atoms with van der Waals surface area (Å²) in [5, 5.41) is 24.1.